The number of aromatic nitrogens is 1. The number of hydrogen-bond acceptors (Lipinski definition) is 8. The van der Waals surface area contributed by atoms with Crippen molar-refractivity contribution in [2.75, 3.05) is 39.3 Å². The Morgan fingerprint density at radius 3 is 2.38 bits per heavy atom. The highest BCUT2D eigenvalue weighted by Gasteiger charge is 2.47. The molecule has 14 nitrogen and oxygen atoms in total. The number of aliphatic imine (C=N–C) groups is 2. The van der Waals surface area contributed by atoms with E-state index in [1.165, 1.54) is 12.1 Å². The van der Waals surface area contributed by atoms with E-state index in [2.05, 4.69) is 24.6 Å². The number of para-hydroxylation sites is 1. The molecule has 2 heterocycles. The number of halogens is 2. The minimum atomic E-state index is -4.27. The highest BCUT2D eigenvalue weighted by molar-refractivity contribution is 7.89. The number of unbranched alkanes of at least 4 members (excludes halogenated alkanes) is 1. The van der Waals surface area contributed by atoms with Crippen molar-refractivity contribution in [2.45, 2.75) is 81.9 Å². The van der Waals surface area contributed by atoms with Gasteiger partial charge < -0.3 is 32.6 Å². The van der Waals surface area contributed by atoms with Gasteiger partial charge in [-0.05, 0) is 75.8 Å². The summed E-state index contributed by atoms with van der Waals surface area (Å²) in [5.74, 6) is 0.372. The summed E-state index contributed by atoms with van der Waals surface area (Å²) in [4.78, 5) is 31.1. The molecule has 2 aromatic carbocycles. The number of hydrogen-bond donors (Lipinski definition) is 5. The average Bonchev–Trinajstić information content (AvgIpc) is 3.57. The number of rotatable bonds is 15. The number of sulfonamides is 1. The number of carbonyl (C=O) groups excluding carboxylic acids is 1. The fourth-order valence-corrected chi connectivity index (χ4v) is 9.59. The van der Waals surface area contributed by atoms with Gasteiger partial charge in [-0.3, -0.25) is 19.7 Å². The first-order valence-electron chi connectivity index (χ1n) is 17.9. The van der Waals surface area contributed by atoms with Crippen LogP contribution in [-0.4, -0.2) is 91.9 Å². The molecule has 288 valence electrons. The SMILES string of the molecule is Cc1cc(C)c2cccc(OCc3c(Cl)ccc(S(=O)(=O)NC4(C(=O)N5CCN(C(CCCCN=C(N)N)CN=C(N)N)CC5)CCCC4)c3Cl)c2n1. The van der Waals surface area contributed by atoms with Gasteiger partial charge in [0.25, 0.3) is 0 Å². The number of benzene rings is 2. The Morgan fingerprint density at radius 2 is 1.70 bits per heavy atom. The maximum atomic E-state index is 14.3. The summed E-state index contributed by atoms with van der Waals surface area (Å²) in [7, 11) is -4.27. The Hall–Kier alpha value is -3.89. The number of aryl methyl sites for hydroxylation is 2. The Bertz CT molecular complexity index is 1950. The lowest BCUT2D eigenvalue weighted by Crippen LogP contribution is -2.62. The van der Waals surface area contributed by atoms with Crippen molar-refractivity contribution in [3.8, 4) is 5.75 Å². The summed E-state index contributed by atoms with van der Waals surface area (Å²) in [6, 6.07) is 10.5. The minimum Gasteiger partial charge on any atom is -0.487 e. The van der Waals surface area contributed by atoms with Crippen LogP contribution in [0.2, 0.25) is 10.0 Å². The van der Waals surface area contributed by atoms with Crippen molar-refractivity contribution in [1.82, 2.24) is 19.5 Å². The van der Waals surface area contributed by atoms with Crippen molar-refractivity contribution in [2.24, 2.45) is 32.9 Å². The quantitative estimate of drug-likeness (QED) is 0.0856. The number of carbonyl (C=O) groups is 1. The summed E-state index contributed by atoms with van der Waals surface area (Å²) in [6.45, 7) is 6.83. The first-order chi connectivity index (χ1) is 25.2. The standard InChI is InChI=1S/C36H50Cl2N10O4S/c1-23-20-24(2)45-32-26(23)9-7-10-29(32)52-22-27-28(37)11-12-30(31(27)38)53(50,51)46-36(13-4-5-14-36)33(49)48-18-16-47(17-19-48)25(21-44-35(41)42)8-3-6-15-43-34(39)40/h7,9-12,20,25,46H,3-6,8,13-19,21-22H2,1-2H3,(H4,39,40,43)(H4,41,42,44). The Morgan fingerprint density at radius 1 is 1.00 bits per heavy atom. The van der Waals surface area contributed by atoms with Gasteiger partial charge in [0.15, 0.2) is 11.9 Å². The molecular weight excluding hydrogens is 739 g/mol. The maximum Gasteiger partial charge on any atom is 0.243 e. The number of pyridine rings is 1. The molecule has 1 aliphatic heterocycles. The van der Waals surface area contributed by atoms with Crippen LogP contribution >= 0.6 is 23.2 Å². The predicted molar refractivity (Wildman–Crippen MR) is 211 cm³/mol. The molecule has 1 aliphatic carbocycles. The molecule has 3 aromatic rings. The topological polar surface area (TPSA) is 221 Å². The van der Waals surface area contributed by atoms with E-state index in [-0.39, 0.29) is 45.4 Å². The van der Waals surface area contributed by atoms with Crippen LogP contribution in [0, 0.1) is 13.8 Å². The molecule has 2 aliphatic rings. The lowest BCUT2D eigenvalue weighted by molar-refractivity contribution is -0.139. The molecule has 1 amide bonds. The lowest BCUT2D eigenvalue weighted by Gasteiger charge is -2.42. The molecule has 53 heavy (non-hydrogen) atoms. The van der Waals surface area contributed by atoms with Crippen LogP contribution in [0.15, 0.2) is 51.3 Å². The first kappa shape index (κ1) is 40.3. The van der Waals surface area contributed by atoms with Crippen LogP contribution in [0.5, 0.6) is 5.75 Å². The first-order valence-corrected chi connectivity index (χ1v) is 20.1. The smallest absolute Gasteiger partial charge is 0.243 e. The van der Waals surface area contributed by atoms with Gasteiger partial charge >= 0.3 is 0 Å². The van der Waals surface area contributed by atoms with Crippen molar-refractivity contribution in [1.29, 1.82) is 0 Å². The van der Waals surface area contributed by atoms with Crippen LogP contribution in [-0.2, 0) is 21.4 Å². The number of nitrogens with two attached hydrogens (primary N) is 4. The second kappa shape index (κ2) is 17.5. The van der Waals surface area contributed by atoms with Gasteiger partial charge in [-0.1, -0.05) is 48.2 Å². The van der Waals surface area contributed by atoms with Gasteiger partial charge in [-0.2, -0.15) is 4.72 Å². The number of ether oxygens (including phenoxy) is 1. The van der Waals surface area contributed by atoms with Gasteiger partial charge in [0.1, 0.15) is 28.3 Å². The lowest BCUT2D eigenvalue weighted by atomic mass is 9.96. The van der Waals surface area contributed by atoms with Gasteiger partial charge in [0, 0.05) is 60.4 Å². The second-order valence-corrected chi connectivity index (χ2v) is 16.2. The molecule has 9 N–H and O–H groups in total. The average molecular weight is 790 g/mol. The van der Waals surface area contributed by atoms with E-state index < -0.39 is 15.6 Å². The number of amides is 1. The fraction of sp³-hybridized carbons (Fsp3) is 0.500. The van der Waals surface area contributed by atoms with E-state index in [4.69, 9.17) is 50.9 Å². The van der Waals surface area contributed by atoms with Gasteiger partial charge in [0.05, 0.1) is 11.6 Å². The molecular formula is C36H50Cl2N10O4S. The van der Waals surface area contributed by atoms with Crippen LogP contribution in [0.25, 0.3) is 10.9 Å². The molecule has 1 unspecified atom stereocenters. The molecule has 2 fully saturated rings. The third-order valence-electron chi connectivity index (χ3n) is 9.99. The molecule has 5 rings (SSSR count). The number of nitrogens with zero attached hydrogens (tertiary/aromatic N) is 5. The third-order valence-corrected chi connectivity index (χ3v) is 12.5. The normalized spacial score (nSPS) is 16.7. The van der Waals surface area contributed by atoms with E-state index in [9.17, 15) is 13.2 Å². The zero-order valence-electron chi connectivity index (χ0n) is 30.3. The molecule has 0 bridgehead atoms. The molecule has 17 heteroatoms. The maximum absolute atomic E-state index is 14.3. The van der Waals surface area contributed by atoms with Crippen LogP contribution < -0.4 is 32.4 Å². The zero-order valence-corrected chi connectivity index (χ0v) is 32.6. The highest BCUT2D eigenvalue weighted by Crippen LogP contribution is 2.37. The molecule has 1 atom stereocenters. The van der Waals surface area contributed by atoms with E-state index in [0.717, 1.165) is 35.9 Å². The predicted octanol–water partition coefficient (Wildman–Crippen LogP) is 3.56. The van der Waals surface area contributed by atoms with Crippen molar-refractivity contribution in [3.05, 3.63) is 63.3 Å². The summed E-state index contributed by atoms with van der Waals surface area (Å²) in [5, 5.41) is 1.14. The second-order valence-electron chi connectivity index (χ2n) is 13.8. The number of piperazine rings is 1. The number of nitrogens with one attached hydrogen (secondary N) is 1. The van der Waals surface area contributed by atoms with Gasteiger partial charge in [0.2, 0.25) is 15.9 Å². The van der Waals surface area contributed by atoms with Crippen molar-refractivity contribution >= 4 is 62.0 Å². The van der Waals surface area contributed by atoms with E-state index >= 15 is 0 Å². The number of fused-ring (bicyclic) bond motifs is 1. The molecule has 1 saturated carbocycles. The summed E-state index contributed by atoms with van der Waals surface area (Å²) < 4.78 is 37.2. The summed E-state index contributed by atoms with van der Waals surface area (Å²) >= 11 is 13.4. The molecule has 1 saturated heterocycles. The minimum absolute atomic E-state index is 0.0208. The fourth-order valence-electron chi connectivity index (χ4n) is 7.28. The number of guanidine groups is 2. The summed E-state index contributed by atoms with van der Waals surface area (Å²) in [5.41, 5.74) is 23.8. The molecule has 0 spiro atoms. The molecule has 1 aromatic heterocycles. The Balaban J connectivity index is 1.29. The highest BCUT2D eigenvalue weighted by atomic mass is 35.5. The van der Waals surface area contributed by atoms with Crippen LogP contribution in [0.3, 0.4) is 0 Å². The zero-order chi connectivity index (χ0) is 38.3. The molecule has 0 radical (unpaired) electrons. The monoisotopic (exact) mass is 788 g/mol. The van der Waals surface area contributed by atoms with Crippen LogP contribution in [0.1, 0.15) is 61.8 Å². The largest absolute Gasteiger partial charge is 0.487 e. The van der Waals surface area contributed by atoms with E-state index in [0.29, 0.717) is 81.8 Å². The Labute approximate surface area is 321 Å². The van der Waals surface area contributed by atoms with Crippen molar-refractivity contribution in [3.63, 3.8) is 0 Å². The van der Waals surface area contributed by atoms with Gasteiger partial charge in [-0.25, -0.2) is 13.4 Å². The van der Waals surface area contributed by atoms with E-state index in [1.54, 1.807) is 11.0 Å². The van der Waals surface area contributed by atoms with Crippen LogP contribution in [0.4, 0.5) is 0 Å². The Kier molecular flexibility index (Phi) is 13.3. The van der Waals surface area contributed by atoms with E-state index in [1.807, 2.05) is 32.0 Å². The summed E-state index contributed by atoms with van der Waals surface area (Å²) in [6.07, 6.45) is 4.67. The van der Waals surface area contributed by atoms with Crippen molar-refractivity contribution < 1.29 is 17.9 Å². The van der Waals surface area contributed by atoms with Gasteiger partial charge in [-0.15, -0.1) is 0 Å². The third kappa shape index (κ3) is 9.81.